The molecule has 0 heterocycles. The van der Waals surface area contributed by atoms with Crippen LogP contribution in [0, 0.1) is 13.8 Å². The summed E-state index contributed by atoms with van der Waals surface area (Å²) in [6.07, 6.45) is 8.12. The molecular formula is C35H39ClZr. The van der Waals surface area contributed by atoms with Crippen LogP contribution in [0.25, 0.3) is 11.1 Å². The number of hydrogen-bond donors (Lipinski definition) is 0. The first-order chi connectivity index (χ1) is 17.3. The van der Waals surface area contributed by atoms with Gasteiger partial charge in [0.2, 0.25) is 0 Å². The second kappa shape index (κ2) is 9.73. The third-order valence-corrected chi connectivity index (χ3v) is 15.6. The van der Waals surface area contributed by atoms with Crippen LogP contribution in [0.15, 0.2) is 70.0 Å². The fraction of sp³-hybridized carbons (Fsp3) is 0.343. The summed E-state index contributed by atoms with van der Waals surface area (Å²) < 4.78 is 4.83. The number of allylic oxidation sites excluding steroid dienone is 4. The molecule has 2 heteroatoms. The summed E-state index contributed by atoms with van der Waals surface area (Å²) in [4.78, 5) is 0. The summed E-state index contributed by atoms with van der Waals surface area (Å²) >= 11 is 3.90. The first-order valence-corrected chi connectivity index (χ1v) is 17.9. The van der Waals surface area contributed by atoms with E-state index in [4.69, 9.17) is 11.6 Å². The Morgan fingerprint density at radius 1 is 0.784 bits per heavy atom. The molecule has 0 spiro atoms. The van der Waals surface area contributed by atoms with Crippen LogP contribution in [0.1, 0.15) is 90.5 Å². The van der Waals surface area contributed by atoms with Crippen LogP contribution in [0.3, 0.4) is 0 Å². The number of fused-ring (bicyclic) bond motifs is 3. The van der Waals surface area contributed by atoms with Crippen molar-refractivity contribution in [3.63, 3.8) is 0 Å². The van der Waals surface area contributed by atoms with Gasteiger partial charge in [-0.15, -0.1) is 0 Å². The van der Waals surface area contributed by atoms with Crippen molar-refractivity contribution in [3.8, 4) is 11.1 Å². The monoisotopic (exact) mass is 584 g/mol. The summed E-state index contributed by atoms with van der Waals surface area (Å²) in [7, 11) is 0. The second-order valence-corrected chi connectivity index (χ2v) is 19.3. The van der Waals surface area contributed by atoms with Gasteiger partial charge in [0.25, 0.3) is 0 Å². The van der Waals surface area contributed by atoms with Gasteiger partial charge >= 0.3 is 238 Å². The molecule has 0 bridgehead atoms. The average molecular weight is 586 g/mol. The fourth-order valence-corrected chi connectivity index (χ4v) is 13.9. The Labute approximate surface area is 236 Å². The minimum atomic E-state index is -2.35. The molecule has 37 heavy (non-hydrogen) atoms. The van der Waals surface area contributed by atoms with Crippen LogP contribution in [0.5, 0.6) is 0 Å². The van der Waals surface area contributed by atoms with Gasteiger partial charge in [0.1, 0.15) is 0 Å². The van der Waals surface area contributed by atoms with E-state index in [1.165, 1.54) is 38.9 Å². The Morgan fingerprint density at radius 3 is 1.73 bits per heavy atom. The standard InChI is InChI=1S/C23H29.C7H5Cl.C5H5.Zr/c1-14-9-16-11-17-10-15(2)21(23(6,7)8)13-19(17)18(16)12-20(14)22(3,4)5;1-6-2-4-7(8)5-3-6;1-2-4-5-3-1;/h9-13H,1-8H3;1-5H;1-3H,4H2;. The molecule has 2 aliphatic rings. The number of benzene rings is 3. The number of hydrogen-bond acceptors (Lipinski definition) is 0. The maximum atomic E-state index is 6.26. The third kappa shape index (κ3) is 5.12. The topological polar surface area (TPSA) is 0 Å². The molecule has 3 aromatic carbocycles. The Kier molecular flexibility index (Phi) is 7.04. The molecule has 0 saturated carbocycles. The van der Waals surface area contributed by atoms with Crippen LogP contribution < -0.4 is 0 Å². The Balaban J connectivity index is 1.81. The Hall–Kier alpha value is -1.82. The van der Waals surface area contributed by atoms with Crippen LogP contribution in [0.4, 0.5) is 0 Å². The van der Waals surface area contributed by atoms with Crippen molar-refractivity contribution in [1.82, 2.24) is 0 Å². The van der Waals surface area contributed by atoms with E-state index in [1.54, 1.807) is 14.4 Å². The number of halogens is 1. The Bertz CT molecular complexity index is 1400. The second-order valence-electron chi connectivity index (χ2n) is 12.9. The average Bonchev–Trinajstić information content (AvgIpc) is 3.43. The van der Waals surface area contributed by atoms with Crippen LogP contribution in [0.2, 0.25) is 5.02 Å². The molecule has 0 unspecified atom stereocenters. The first kappa shape index (κ1) is 26.8. The van der Waals surface area contributed by atoms with E-state index in [-0.39, 0.29) is 10.8 Å². The minimum absolute atomic E-state index is 0.115. The molecule has 3 aromatic rings. The summed E-state index contributed by atoms with van der Waals surface area (Å²) in [5, 5.41) is 0.802. The molecule has 0 saturated heterocycles. The number of aryl methyl sites for hydroxylation is 2. The van der Waals surface area contributed by atoms with Crippen molar-refractivity contribution in [2.75, 3.05) is 0 Å². The van der Waals surface area contributed by atoms with E-state index >= 15 is 0 Å². The van der Waals surface area contributed by atoms with Gasteiger partial charge in [-0.3, -0.25) is 0 Å². The zero-order chi connectivity index (χ0) is 26.7. The SMILES string of the molecule is Cc1cc2c(cc1C(C)(C)C)-c1cc(C(C)(C)C)c(C)cc1[CH]2[Zr](=[CH]c1ccc(Cl)cc1)[C]1=CC=CC1. The van der Waals surface area contributed by atoms with Crippen molar-refractivity contribution in [2.24, 2.45) is 0 Å². The van der Waals surface area contributed by atoms with E-state index < -0.39 is 21.3 Å². The van der Waals surface area contributed by atoms with Crippen molar-refractivity contribution in [3.05, 3.63) is 114 Å². The van der Waals surface area contributed by atoms with Crippen LogP contribution in [-0.2, 0) is 32.1 Å². The fourth-order valence-electron chi connectivity index (χ4n) is 6.28. The Morgan fingerprint density at radius 2 is 1.30 bits per heavy atom. The van der Waals surface area contributed by atoms with Gasteiger partial charge in [0.15, 0.2) is 0 Å². The van der Waals surface area contributed by atoms with Crippen molar-refractivity contribution >= 4 is 15.3 Å². The molecule has 2 aliphatic carbocycles. The molecular weight excluding hydrogens is 547 g/mol. The quantitative estimate of drug-likeness (QED) is 0.287. The van der Waals surface area contributed by atoms with E-state index in [0.29, 0.717) is 3.63 Å². The molecule has 0 aliphatic heterocycles. The predicted molar refractivity (Wildman–Crippen MR) is 159 cm³/mol. The molecule has 0 amide bonds. The molecule has 0 radical (unpaired) electrons. The molecule has 0 nitrogen and oxygen atoms in total. The van der Waals surface area contributed by atoms with Gasteiger partial charge in [-0.2, -0.15) is 0 Å². The maximum absolute atomic E-state index is 6.26. The van der Waals surface area contributed by atoms with Crippen molar-refractivity contribution < 1.29 is 21.3 Å². The third-order valence-electron chi connectivity index (χ3n) is 7.97. The van der Waals surface area contributed by atoms with Crippen molar-refractivity contribution in [1.29, 1.82) is 0 Å². The zero-order valence-corrected chi connectivity index (χ0v) is 26.8. The van der Waals surface area contributed by atoms with Gasteiger partial charge < -0.3 is 0 Å². The molecule has 0 atom stereocenters. The summed E-state index contributed by atoms with van der Waals surface area (Å²) in [5.41, 5.74) is 13.4. The molecule has 0 aromatic heterocycles. The van der Waals surface area contributed by atoms with Gasteiger partial charge in [-0.05, 0) is 0 Å². The van der Waals surface area contributed by atoms with Crippen molar-refractivity contribution in [2.45, 2.75) is 76.3 Å². The molecule has 190 valence electrons. The van der Waals surface area contributed by atoms with E-state index in [1.807, 2.05) is 12.1 Å². The zero-order valence-electron chi connectivity index (χ0n) is 23.6. The molecule has 0 fully saturated rings. The van der Waals surface area contributed by atoms with Gasteiger partial charge in [-0.1, -0.05) is 0 Å². The normalized spacial score (nSPS) is 15.7. The predicted octanol–water partition coefficient (Wildman–Crippen LogP) is 9.93. The van der Waals surface area contributed by atoms with Crippen LogP contribution in [-0.4, -0.2) is 3.71 Å². The van der Waals surface area contributed by atoms with E-state index in [9.17, 15) is 0 Å². The molecule has 0 N–H and O–H groups in total. The number of rotatable bonds is 3. The first-order valence-electron chi connectivity index (χ1n) is 13.5. The van der Waals surface area contributed by atoms with Gasteiger partial charge in [0, 0.05) is 0 Å². The van der Waals surface area contributed by atoms with Crippen LogP contribution >= 0.6 is 11.6 Å². The van der Waals surface area contributed by atoms with Gasteiger partial charge in [-0.25, -0.2) is 0 Å². The summed E-state index contributed by atoms with van der Waals surface area (Å²) in [6, 6.07) is 18.6. The summed E-state index contributed by atoms with van der Waals surface area (Å²) in [6.45, 7) is 18.7. The van der Waals surface area contributed by atoms with E-state index in [2.05, 4.69) is 114 Å². The van der Waals surface area contributed by atoms with E-state index in [0.717, 1.165) is 11.4 Å². The summed E-state index contributed by atoms with van der Waals surface area (Å²) in [5.74, 6) is 0. The van der Waals surface area contributed by atoms with Gasteiger partial charge in [0.05, 0.1) is 0 Å². The molecule has 5 rings (SSSR count).